The molecule has 11 nitrogen and oxygen atoms in total. The lowest BCUT2D eigenvalue weighted by Gasteiger charge is -2.34. The summed E-state index contributed by atoms with van der Waals surface area (Å²) in [4.78, 5) is 7.36. The maximum Gasteiger partial charge on any atom is 0.180 e. The van der Waals surface area contributed by atoms with E-state index in [1.54, 1.807) is 0 Å². The van der Waals surface area contributed by atoms with E-state index in [-0.39, 0.29) is 12.3 Å². The van der Waals surface area contributed by atoms with Crippen molar-refractivity contribution in [2.75, 3.05) is 31.3 Å². The average Bonchev–Trinajstić information content (AvgIpc) is 3.54. The molecule has 1 unspecified atom stereocenters. The monoisotopic (exact) mass is 491 g/mol. The number of nitrogens with zero attached hydrogens (tertiary/aromatic N) is 9. The Morgan fingerprint density at radius 2 is 1.89 bits per heavy atom. The SMILES string of the molecule is Cc1cc(-c2nc(C)c3c(-c4c(C)nnn4C)cc(N4CCOC[C@H]4C)nn23)n(C2CCCCO2)n1. The number of anilines is 1. The smallest absolute Gasteiger partial charge is 0.180 e. The first kappa shape index (κ1) is 23.1. The van der Waals surface area contributed by atoms with E-state index >= 15 is 0 Å². The summed E-state index contributed by atoms with van der Waals surface area (Å²) in [5.74, 6) is 1.64. The molecule has 0 saturated carbocycles. The van der Waals surface area contributed by atoms with Gasteiger partial charge in [0.1, 0.15) is 5.69 Å². The molecule has 0 bridgehead atoms. The molecule has 11 heteroatoms. The number of hydrogen-bond acceptors (Lipinski definition) is 8. The minimum atomic E-state index is -0.0967. The van der Waals surface area contributed by atoms with Gasteiger partial charge in [0, 0.05) is 25.8 Å². The van der Waals surface area contributed by atoms with Crippen LogP contribution in [0.2, 0.25) is 0 Å². The summed E-state index contributed by atoms with van der Waals surface area (Å²) >= 11 is 0. The number of hydrogen-bond donors (Lipinski definition) is 0. The first-order chi connectivity index (χ1) is 17.4. The number of fused-ring (bicyclic) bond motifs is 1. The second-order valence-electron chi connectivity index (χ2n) is 9.90. The molecule has 6 rings (SSSR count). The molecule has 4 aromatic rings. The maximum absolute atomic E-state index is 6.11. The molecule has 0 radical (unpaired) electrons. The van der Waals surface area contributed by atoms with Crippen LogP contribution in [0.3, 0.4) is 0 Å². The zero-order valence-corrected chi connectivity index (χ0v) is 21.6. The van der Waals surface area contributed by atoms with Crippen LogP contribution in [-0.4, -0.2) is 71.8 Å². The molecule has 0 spiro atoms. The summed E-state index contributed by atoms with van der Waals surface area (Å²) in [5.41, 5.74) is 6.51. The highest BCUT2D eigenvalue weighted by atomic mass is 16.5. The van der Waals surface area contributed by atoms with Gasteiger partial charge in [0.15, 0.2) is 17.9 Å². The lowest BCUT2D eigenvalue weighted by atomic mass is 10.1. The van der Waals surface area contributed by atoms with Crippen molar-refractivity contribution in [2.24, 2.45) is 7.05 Å². The Morgan fingerprint density at radius 3 is 2.61 bits per heavy atom. The Balaban J connectivity index is 1.61. The number of ether oxygens (including phenoxy) is 2. The first-order valence-corrected chi connectivity index (χ1v) is 12.7. The van der Waals surface area contributed by atoms with Gasteiger partial charge >= 0.3 is 0 Å². The van der Waals surface area contributed by atoms with Crippen LogP contribution in [0.5, 0.6) is 0 Å². The quantitative estimate of drug-likeness (QED) is 0.429. The molecule has 0 aromatic carbocycles. The van der Waals surface area contributed by atoms with E-state index in [0.29, 0.717) is 13.2 Å². The Bertz CT molecular complexity index is 1390. The van der Waals surface area contributed by atoms with E-state index < -0.39 is 0 Å². The Morgan fingerprint density at radius 1 is 1.03 bits per heavy atom. The van der Waals surface area contributed by atoms with Crippen molar-refractivity contribution in [3.63, 3.8) is 0 Å². The lowest BCUT2D eigenvalue weighted by molar-refractivity contribution is -0.0386. The van der Waals surface area contributed by atoms with E-state index in [4.69, 9.17) is 24.7 Å². The zero-order valence-electron chi connectivity index (χ0n) is 21.6. The van der Waals surface area contributed by atoms with Gasteiger partial charge < -0.3 is 14.4 Å². The van der Waals surface area contributed by atoms with E-state index in [0.717, 1.165) is 83.6 Å². The van der Waals surface area contributed by atoms with Crippen LogP contribution in [0.15, 0.2) is 12.1 Å². The molecular weight excluding hydrogens is 458 g/mol. The highest BCUT2D eigenvalue weighted by molar-refractivity contribution is 5.84. The summed E-state index contributed by atoms with van der Waals surface area (Å²) < 4.78 is 17.6. The summed E-state index contributed by atoms with van der Waals surface area (Å²) in [7, 11) is 1.93. The van der Waals surface area contributed by atoms with E-state index in [9.17, 15) is 0 Å². The zero-order chi connectivity index (χ0) is 25.0. The predicted octanol–water partition coefficient (Wildman–Crippen LogP) is 3.24. The molecule has 0 amide bonds. The predicted molar refractivity (Wildman–Crippen MR) is 135 cm³/mol. The summed E-state index contributed by atoms with van der Waals surface area (Å²) in [6.45, 7) is 11.1. The van der Waals surface area contributed by atoms with Crippen molar-refractivity contribution in [2.45, 2.75) is 59.2 Å². The van der Waals surface area contributed by atoms with Gasteiger partial charge in [-0.1, -0.05) is 5.21 Å². The largest absolute Gasteiger partial charge is 0.377 e. The van der Waals surface area contributed by atoms with E-state index in [1.165, 1.54) is 0 Å². The molecule has 0 N–H and O–H groups in total. The topological polar surface area (TPSA) is 100 Å². The fourth-order valence-electron chi connectivity index (χ4n) is 5.46. The van der Waals surface area contributed by atoms with Gasteiger partial charge in [0.25, 0.3) is 0 Å². The van der Waals surface area contributed by atoms with Crippen LogP contribution in [0.4, 0.5) is 5.82 Å². The van der Waals surface area contributed by atoms with Crippen LogP contribution in [0.1, 0.15) is 49.5 Å². The van der Waals surface area contributed by atoms with Crippen molar-refractivity contribution >= 4 is 11.3 Å². The highest BCUT2D eigenvalue weighted by Gasteiger charge is 2.28. The molecule has 2 aliphatic heterocycles. The van der Waals surface area contributed by atoms with Crippen molar-refractivity contribution in [3.8, 4) is 22.8 Å². The highest BCUT2D eigenvalue weighted by Crippen LogP contribution is 2.36. The van der Waals surface area contributed by atoms with Crippen molar-refractivity contribution in [1.82, 2.24) is 39.4 Å². The van der Waals surface area contributed by atoms with Crippen molar-refractivity contribution < 1.29 is 9.47 Å². The van der Waals surface area contributed by atoms with Gasteiger partial charge in [0.2, 0.25) is 0 Å². The minimum absolute atomic E-state index is 0.0967. The average molecular weight is 492 g/mol. The van der Waals surface area contributed by atoms with Crippen LogP contribution < -0.4 is 4.90 Å². The van der Waals surface area contributed by atoms with Gasteiger partial charge in [-0.3, -0.25) is 0 Å². The van der Waals surface area contributed by atoms with Crippen LogP contribution >= 0.6 is 0 Å². The van der Waals surface area contributed by atoms with Crippen LogP contribution in [0, 0.1) is 20.8 Å². The fraction of sp³-hybridized carbons (Fsp3) is 0.560. The molecule has 2 fully saturated rings. The fourth-order valence-corrected chi connectivity index (χ4v) is 5.46. The van der Waals surface area contributed by atoms with E-state index in [1.807, 2.05) is 41.7 Å². The number of morpholine rings is 1. The molecule has 2 aliphatic rings. The van der Waals surface area contributed by atoms with Gasteiger partial charge in [-0.15, -0.1) is 10.2 Å². The number of aromatic nitrogens is 8. The molecule has 190 valence electrons. The van der Waals surface area contributed by atoms with Crippen LogP contribution in [-0.2, 0) is 16.5 Å². The van der Waals surface area contributed by atoms with Gasteiger partial charge in [-0.05, 0) is 59.1 Å². The number of imidazole rings is 1. The molecule has 0 aliphatic carbocycles. The molecular formula is C25H33N9O2. The van der Waals surface area contributed by atoms with Gasteiger partial charge in [0.05, 0.1) is 47.5 Å². The third-order valence-corrected chi connectivity index (χ3v) is 7.19. The summed E-state index contributed by atoms with van der Waals surface area (Å²) in [6, 6.07) is 4.43. The van der Waals surface area contributed by atoms with Crippen molar-refractivity contribution in [3.05, 3.63) is 29.2 Å². The third-order valence-electron chi connectivity index (χ3n) is 7.19. The Labute approximate surface area is 210 Å². The van der Waals surface area contributed by atoms with Crippen molar-refractivity contribution in [1.29, 1.82) is 0 Å². The molecule has 2 atom stereocenters. The standard InChI is InChI=1S/C25H33N9O2/c1-15-12-20(33(28-15)22-8-6-7-10-36-22)25-26-17(3)24-19(23-18(4)27-30-31(23)5)13-21(29-34(24)25)32-9-11-35-14-16(32)2/h12-13,16,22H,6-11,14H2,1-5H3/t16-,22?/m1/s1. The normalized spacial score (nSPS) is 21.0. The molecule has 36 heavy (non-hydrogen) atoms. The molecule has 2 saturated heterocycles. The first-order valence-electron chi connectivity index (χ1n) is 12.7. The maximum atomic E-state index is 6.11. The molecule has 4 aromatic heterocycles. The third kappa shape index (κ3) is 3.77. The van der Waals surface area contributed by atoms with Crippen LogP contribution in [0.25, 0.3) is 28.3 Å². The second-order valence-corrected chi connectivity index (χ2v) is 9.90. The lowest BCUT2D eigenvalue weighted by Crippen LogP contribution is -2.44. The van der Waals surface area contributed by atoms with Gasteiger partial charge in [-0.25, -0.2) is 18.9 Å². The Hall–Kier alpha value is -3.31. The van der Waals surface area contributed by atoms with Gasteiger partial charge in [-0.2, -0.15) is 5.10 Å². The van der Waals surface area contributed by atoms with E-state index in [2.05, 4.69) is 34.3 Å². The Kier molecular flexibility index (Phi) is 5.76. The summed E-state index contributed by atoms with van der Waals surface area (Å²) in [5, 5.41) is 18.6. The minimum Gasteiger partial charge on any atom is -0.377 e. The second kappa shape index (κ2) is 8.97. The summed E-state index contributed by atoms with van der Waals surface area (Å²) in [6.07, 6.45) is 3.05. The number of rotatable bonds is 4. The molecule has 6 heterocycles. The number of aryl methyl sites for hydroxylation is 4.